The van der Waals surface area contributed by atoms with Gasteiger partial charge in [-0.05, 0) is 76.2 Å². The zero-order valence-electron chi connectivity index (χ0n) is 21.6. The number of anilines is 1. The van der Waals surface area contributed by atoms with Crippen LogP contribution in [0.3, 0.4) is 0 Å². The summed E-state index contributed by atoms with van der Waals surface area (Å²) in [6.45, 7) is 5.10. The van der Waals surface area contributed by atoms with Crippen LogP contribution in [0.25, 0.3) is 0 Å². The van der Waals surface area contributed by atoms with Crippen LogP contribution in [0.15, 0.2) is 24.3 Å². The molecule has 0 saturated carbocycles. The molecule has 1 aromatic rings. The molecule has 2 aliphatic rings. The zero-order chi connectivity index (χ0) is 24.9. The predicted octanol–water partition coefficient (Wildman–Crippen LogP) is 3.49. The number of carbonyl (C=O) groups excluding carboxylic acids is 2. The lowest BCUT2D eigenvalue weighted by Gasteiger charge is -2.37. The largest absolute Gasteiger partial charge is 0.384 e. The van der Waals surface area contributed by atoms with E-state index in [1.165, 1.54) is 11.3 Å². The van der Waals surface area contributed by atoms with E-state index in [1.807, 2.05) is 0 Å². The lowest BCUT2D eigenvalue weighted by Crippen LogP contribution is -2.52. The van der Waals surface area contributed by atoms with Gasteiger partial charge in [-0.2, -0.15) is 0 Å². The SMILES string of the molecule is NCCCCCCC(=O)CN1CCCCN(CCC2CNc3ccccc32)C(=O)[C@@H]1CCCCN. The van der Waals surface area contributed by atoms with Crippen LogP contribution in [-0.2, 0) is 9.59 Å². The van der Waals surface area contributed by atoms with Gasteiger partial charge in [0.25, 0.3) is 0 Å². The highest BCUT2D eigenvalue weighted by atomic mass is 16.2. The standard InChI is InChI=1S/C28H47N5O2/c29-16-7-2-1-3-11-24(34)22-33-19-10-9-18-32(28(35)27(33)14-6-8-17-30)20-15-23-21-31-26-13-5-4-12-25(23)26/h4-5,12-13,23,27,31H,1-3,6-11,14-22,29-30H2/t23?,27-/m0/s1. The van der Waals surface area contributed by atoms with Gasteiger partial charge in [0, 0.05) is 37.7 Å². The number of hydrogen-bond donors (Lipinski definition) is 3. The summed E-state index contributed by atoms with van der Waals surface area (Å²) in [5.41, 5.74) is 13.9. The van der Waals surface area contributed by atoms with E-state index in [0.717, 1.165) is 90.4 Å². The number of para-hydroxylation sites is 1. The molecule has 2 aliphatic heterocycles. The van der Waals surface area contributed by atoms with Gasteiger partial charge in [-0.25, -0.2) is 0 Å². The minimum absolute atomic E-state index is 0.205. The average Bonchev–Trinajstić information content (AvgIpc) is 3.27. The molecule has 0 bridgehead atoms. The summed E-state index contributed by atoms with van der Waals surface area (Å²) in [4.78, 5) is 30.8. The molecule has 1 aromatic carbocycles. The van der Waals surface area contributed by atoms with Gasteiger partial charge in [-0.15, -0.1) is 0 Å². The van der Waals surface area contributed by atoms with Gasteiger partial charge in [0.1, 0.15) is 5.78 Å². The number of benzene rings is 1. The van der Waals surface area contributed by atoms with Crippen molar-refractivity contribution < 1.29 is 9.59 Å². The van der Waals surface area contributed by atoms with Gasteiger partial charge in [0.15, 0.2) is 0 Å². The van der Waals surface area contributed by atoms with Crippen molar-refractivity contribution in [3.05, 3.63) is 29.8 Å². The normalized spacial score (nSPS) is 20.9. The Morgan fingerprint density at radius 2 is 1.69 bits per heavy atom. The van der Waals surface area contributed by atoms with Gasteiger partial charge < -0.3 is 21.7 Å². The maximum absolute atomic E-state index is 13.8. The van der Waals surface area contributed by atoms with Crippen LogP contribution >= 0.6 is 0 Å². The smallest absolute Gasteiger partial charge is 0.239 e. The van der Waals surface area contributed by atoms with Crippen LogP contribution in [-0.4, -0.2) is 73.3 Å². The Kier molecular flexibility index (Phi) is 12.0. The van der Waals surface area contributed by atoms with Gasteiger partial charge in [0.05, 0.1) is 12.6 Å². The molecule has 1 unspecified atom stereocenters. The molecule has 0 aromatic heterocycles. The number of hydrogen-bond acceptors (Lipinski definition) is 6. The molecule has 7 heteroatoms. The first kappa shape index (κ1) is 27.6. The van der Waals surface area contributed by atoms with E-state index in [0.29, 0.717) is 32.0 Å². The number of nitrogens with one attached hydrogen (secondary N) is 1. The molecule has 1 amide bonds. The molecule has 3 rings (SSSR count). The fourth-order valence-electron chi connectivity index (χ4n) is 5.50. The molecule has 1 fully saturated rings. The molecule has 0 aliphatic carbocycles. The Labute approximate surface area is 212 Å². The monoisotopic (exact) mass is 485 g/mol. The van der Waals surface area contributed by atoms with Crippen molar-refractivity contribution in [1.82, 2.24) is 9.80 Å². The van der Waals surface area contributed by atoms with Crippen molar-refractivity contribution >= 4 is 17.4 Å². The van der Waals surface area contributed by atoms with Gasteiger partial charge in [-0.3, -0.25) is 14.5 Å². The zero-order valence-corrected chi connectivity index (χ0v) is 21.6. The third-order valence-electron chi connectivity index (χ3n) is 7.57. The molecule has 35 heavy (non-hydrogen) atoms. The van der Waals surface area contributed by atoms with E-state index < -0.39 is 0 Å². The lowest BCUT2D eigenvalue weighted by atomic mass is 9.97. The Morgan fingerprint density at radius 1 is 0.943 bits per heavy atom. The first-order valence-corrected chi connectivity index (χ1v) is 13.9. The summed E-state index contributed by atoms with van der Waals surface area (Å²) >= 11 is 0. The molecule has 196 valence electrons. The number of nitrogens with zero attached hydrogens (tertiary/aromatic N) is 2. The van der Waals surface area contributed by atoms with Crippen molar-refractivity contribution in [3.8, 4) is 0 Å². The van der Waals surface area contributed by atoms with Gasteiger partial charge >= 0.3 is 0 Å². The summed E-state index contributed by atoms with van der Waals surface area (Å²) in [5, 5.41) is 3.50. The van der Waals surface area contributed by atoms with Crippen molar-refractivity contribution in [1.29, 1.82) is 0 Å². The quantitative estimate of drug-likeness (QED) is 0.329. The molecule has 2 heterocycles. The van der Waals surface area contributed by atoms with Crippen molar-refractivity contribution in [2.45, 2.75) is 82.6 Å². The van der Waals surface area contributed by atoms with Gasteiger partial charge in [-0.1, -0.05) is 37.5 Å². The average molecular weight is 486 g/mol. The second kappa shape index (κ2) is 15.2. The highest BCUT2D eigenvalue weighted by molar-refractivity contribution is 5.84. The maximum Gasteiger partial charge on any atom is 0.239 e. The minimum Gasteiger partial charge on any atom is -0.384 e. The van der Waals surface area contributed by atoms with Crippen LogP contribution in [0.1, 0.15) is 82.1 Å². The van der Waals surface area contributed by atoms with Crippen LogP contribution in [0, 0.1) is 0 Å². The van der Waals surface area contributed by atoms with Crippen LogP contribution < -0.4 is 16.8 Å². The van der Waals surface area contributed by atoms with E-state index in [4.69, 9.17) is 11.5 Å². The Bertz CT molecular complexity index is 786. The van der Waals surface area contributed by atoms with E-state index in [-0.39, 0.29) is 17.7 Å². The first-order valence-electron chi connectivity index (χ1n) is 13.9. The Balaban J connectivity index is 1.59. The molecule has 1 saturated heterocycles. The van der Waals surface area contributed by atoms with E-state index in [2.05, 4.69) is 39.4 Å². The number of amides is 1. The molecule has 0 spiro atoms. The molecule has 5 N–H and O–H groups in total. The number of unbranched alkanes of at least 4 members (excludes halogenated alkanes) is 4. The number of ketones is 1. The number of rotatable bonds is 15. The van der Waals surface area contributed by atoms with E-state index in [9.17, 15) is 9.59 Å². The summed E-state index contributed by atoms with van der Waals surface area (Å²) in [6, 6.07) is 8.29. The van der Waals surface area contributed by atoms with Crippen LogP contribution in [0.2, 0.25) is 0 Å². The summed E-state index contributed by atoms with van der Waals surface area (Å²) in [5.74, 6) is 0.906. The Hall–Kier alpha value is -1.96. The second-order valence-corrected chi connectivity index (χ2v) is 10.2. The summed E-state index contributed by atoms with van der Waals surface area (Å²) in [6.07, 6.45) is 10.3. The highest BCUT2D eigenvalue weighted by Crippen LogP contribution is 2.33. The topological polar surface area (TPSA) is 105 Å². The number of fused-ring (bicyclic) bond motifs is 1. The van der Waals surface area contributed by atoms with Crippen molar-refractivity contribution in [2.24, 2.45) is 11.5 Å². The van der Waals surface area contributed by atoms with Crippen LogP contribution in [0.5, 0.6) is 0 Å². The molecular formula is C28H47N5O2. The van der Waals surface area contributed by atoms with Crippen molar-refractivity contribution in [2.75, 3.05) is 51.1 Å². The number of carbonyl (C=O) groups is 2. The predicted molar refractivity (Wildman–Crippen MR) is 144 cm³/mol. The van der Waals surface area contributed by atoms with E-state index in [1.54, 1.807) is 0 Å². The molecule has 0 radical (unpaired) electrons. The number of nitrogens with two attached hydrogens (primary N) is 2. The molecule has 2 atom stereocenters. The third-order valence-corrected chi connectivity index (χ3v) is 7.57. The third kappa shape index (κ3) is 8.58. The van der Waals surface area contributed by atoms with Crippen LogP contribution in [0.4, 0.5) is 5.69 Å². The minimum atomic E-state index is -0.211. The maximum atomic E-state index is 13.8. The first-order chi connectivity index (χ1) is 17.1. The van der Waals surface area contributed by atoms with E-state index >= 15 is 0 Å². The summed E-state index contributed by atoms with van der Waals surface area (Å²) < 4.78 is 0. The molecular weight excluding hydrogens is 438 g/mol. The second-order valence-electron chi connectivity index (χ2n) is 10.2. The fourth-order valence-corrected chi connectivity index (χ4v) is 5.50. The fraction of sp³-hybridized carbons (Fsp3) is 0.714. The summed E-state index contributed by atoms with van der Waals surface area (Å²) in [7, 11) is 0. The van der Waals surface area contributed by atoms with Crippen molar-refractivity contribution in [3.63, 3.8) is 0 Å². The lowest BCUT2D eigenvalue weighted by molar-refractivity contribution is -0.139. The number of Topliss-reactive ketones (excluding diaryl/α,β-unsaturated/α-hetero) is 1. The highest BCUT2D eigenvalue weighted by Gasteiger charge is 2.32. The van der Waals surface area contributed by atoms with Gasteiger partial charge in [0.2, 0.25) is 5.91 Å². The molecule has 7 nitrogen and oxygen atoms in total. The Morgan fingerprint density at radius 3 is 2.51 bits per heavy atom.